The molecule has 0 spiro atoms. The first-order chi connectivity index (χ1) is 9.06. The minimum atomic E-state index is -0.0114. The maximum atomic E-state index is 12.4. The number of hydrogen-bond acceptors (Lipinski definition) is 4. The monoisotopic (exact) mass is 264 g/mol. The lowest BCUT2D eigenvalue weighted by Gasteiger charge is -2.30. The Balaban J connectivity index is 2.31. The van der Waals surface area contributed by atoms with Crippen LogP contribution < -0.4 is 16.2 Å². The summed E-state index contributed by atoms with van der Waals surface area (Å²) in [6, 6.07) is 0.491. The Kier molecular flexibility index (Phi) is 4.24. The summed E-state index contributed by atoms with van der Waals surface area (Å²) < 4.78 is 1.73. The smallest absolute Gasteiger partial charge is 0.293 e. The van der Waals surface area contributed by atoms with Crippen molar-refractivity contribution in [2.45, 2.75) is 45.2 Å². The normalized spacial score (nSPS) is 23.0. The van der Waals surface area contributed by atoms with Gasteiger partial charge in [0.2, 0.25) is 0 Å². The molecular formula is C14H24N4O. The molecule has 106 valence electrons. The maximum absolute atomic E-state index is 12.4. The maximum Gasteiger partial charge on any atom is 0.293 e. The summed E-state index contributed by atoms with van der Waals surface area (Å²) in [5, 5.41) is 0. The Morgan fingerprint density at radius 2 is 2.26 bits per heavy atom. The fourth-order valence-electron chi connectivity index (χ4n) is 3.02. The van der Waals surface area contributed by atoms with Gasteiger partial charge in [0, 0.05) is 31.5 Å². The lowest BCUT2D eigenvalue weighted by Crippen LogP contribution is -2.42. The van der Waals surface area contributed by atoms with E-state index >= 15 is 0 Å². The van der Waals surface area contributed by atoms with E-state index in [2.05, 4.69) is 4.98 Å². The molecule has 2 N–H and O–H groups in total. The molecule has 0 aromatic carbocycles. The number of nitrogens with two attached hydrogens (primary N) is 1. The van der Waals surface area contributed by atoms with Gasteiger partial charge in [-0.2, -0.15) is 0 Å². The lowest BCUT2D eigenvalue weighted by molar-refractivity contribution is 0.468. The first-order valence-electron chi connectivity index (χ1n) is 7.06. The Bertz CT molecular complexity index is 483. The topological polar surface area (TPSA) is 64.2 Å². The summed E-state index contributed by atoms with van der Waals surface area (Å²) in [5.41, 5.74) is 5.81. The molecule has 1 heterocycles. The minimum absolute atomic E-state index is 0.0114. The van der Waals surface area contributed by atoms with E-state index in [0.717, 1.165) is 12.8 Å². The standard InChI is InChI=1S/C14H24N4O/c1-10(2)18-8-7-16-13(14(18)19)17(3)12-6-4-5-11(12)9-15/h7-8,10-12H,4-6,9,15H2,1-3H3. The van der Waals surface area contributed by atoms with E-state index in [9.17, 15) is 4.79 Å². The predicted octanol–water partition coefficient (Wildman–Crippen LogP) is 1.39. The average Bonchev–Trinajstić information content (AvgIpc) is 2.86. The van der Waals surface area contributed by atoms with Gasteiger partial charge in [-0.25, -0.2) is 4.98 Å². The zero-order valence-corrected chi connectivity index (χ0v) is 12.0. The molecule has 2 atom stereocenters. The number of hydrogen-bond donors (Lipinski definition) is 1. The molecule has 1 saturated carbocycles. The Morgan fingerprint density at radius 1 is 1.53 bits per heavy atom. The summed E-state index contributed by atoms with van der Waals surface area (Å²) in [5.74, 6) is 1.01. The van der Waals surface area contributed by atoms with Crippen molar-refractivity contribution in [2.75, 3.05) is 18.5 Å². The number of anilines is 1. The molecule has 1 aromatic heterocycles. The Morgan fingerprint density at radius 3 is 2.89 bits per heavy atom. The summed E-state index contributed by atoms with van der Waals surface area (Å²) in [6.45, 7) is 4.69. The molecule has 0 saturated heterocycles. The van der Waals surface area contributed by atoms with Crippen LogP contribution in [0.15, 0.2) is 17.2 Å². The van der Waals surface area contributed by atoms with Crippen LogP contribution in [0.2, 0.25) is 0 Å². The molecule has 1 fully saturated rings. The van der Waals surface area contributed by atoms with Gasteiger partial charge < -0.3 is 15.2 Å². The molecule has 0 bridgehead atoms. The van der Waals surface area contributed by atoms with Gasteiger partial charge in [-0.15, -0.1) is 0 Å². The van der Waals surface area contributed by atoms with Gasteiger partial charge in [0.25, 0.3) is 5.56 Å². The van der Waals surface area contributed by atoms with Crippen LogP contribution in [0.4, 0.5) is 5.82 Å². The van der Waals surface area contributed by atoms with Crippen LogP contribution in [0.25, 0.3) is 0 Å². The summed E-state index contributed by atoms with van der Waals surface area (Å²) >= 11 is 0. The van der Waals surface area contributed by atoms with Crippen molar-refractivity contribution in [1.29, 1.82) is 0 Å². The second-order valence-electron chi connectivity index (χ2n) is 5.66. The van der Waals surface area contributed by atoms with Crippen molar-refractivity contribution in [2.24, 2.45) is 11.7 Å². The molecule has 0 aliphatic heterocycles. The Hall–Kier alpha value is -1.36. The zero-order valence-electron chi connectivity index (χ0n) is 12.0. The van der Waals surface area contributed by atoms with Gasteiger partial charge in [0.15, 0.2) is 5.82 Å². The third-order valence-electron chi connectivity index (χ3n) is 4.16. The highest BCUT2D eigenvalue weighted by Crippen LogP contribution is 2.29. The predicted molar refractivity (Wildman–Crippen MR) is 77.5 cm³/mol. The highest BCUT2D eigenvalue weighted by Gasteiger charge is 2.31. The van der Waals surface area contributed by atoms with Gasteiger partial charge in [-0.3, -0.25) is 4.79 Å². The second-order valence-corrected chi connectivity index (χ2v) is 5.66. The highest BCUT2D eigenvalue weighted by molar-refractivity contribution is 5.36. The first-order valence-corrected chi connectivity index (χ1v) is 7.06. The van der Waals surface area contributed by atoms with E-state index in [0.29, 0.717) is 24.3 Å². The van der Waals surface area contributed by atoms with E-state index in [4.69, 9.17) is 5.73 Å². The molecule has 2 unspecified atom stereocenters. The minimum Gasteiger partial charge on any atom is -0.352 e. The van der Waals surface area contributed by atoms with Crippen LogP contribution in [0, 0.1) is 5.92 Å². The molecular weight excluding hydrogens is 240 g/mol. The van der Waals surface area contributed by atoms with Crippen LogP contribution in [-0.4, -0.2) is 29.2 Å². The second kappa shape index (κ2) is 5.74. The molecule has 5 heteroatoms. The largest absolute Gasteiger partial charge is 0.352 e. The van der Waals surface area contributed by atoms with Crippen molar-refractivity contribution in [1.82, 2.24) is 9.55 Å². The van der Waals surface area contributed by atoms with Crippen LogP contribution in [0.3, 0.4) is 0 Å². The highest BCUT2D eigenvalue weighted by atomic mass is 16.1. The van der Waals surface area contributed by atoms with Crippen LogP contribution in [0.1, 0.15) is 39.2 Å². The van der Waals surface area contributed by atoms with E-state index in [1.807, 2.05) is 25.8 Å². The van der Waals surface area contributed by atoms with Gasteiger partial charge in [-0.1, -0.05) is 6.42 Å². The quantitative estimate of drug-likeness (QED) is 0.892. The van der Waals surface area contributed by atoms with Crippen molar-refractivity contribution in [3.8, 4) is 0 Å². The fraction of sp³-hybridized carbons (Fsp3) is 0.714. The third-order valence-corrected chi connectivity index (χ3v) is 4.16. The lowest BCUT2D eigenvalue weighted by atomic mass is 10.0. The summed E-state index contributed by atoms with van der Waals surface area (Å²) in [7, 11) is 1.97. The van der Waals surface area contributed by atoms with Crippen molar-refractivity contribution < 1.29 is 0 Å². The van der Waals surface area contributed by atoms with Crippen LogP contribution in [0.5, 0.6) is 0 Å². The average molecular weight is 264 g/mol. The molecule has 0 radical (unpaired) electrons. The van der Waals surface area contributed by atoms with Crippen LogP contribution in [-0.2, 0) is 0 Å². The van der Waals surface area contributed by atoms with Crippen molar-refractivity contribution in [3.05, 3.63) is 22.7 Å². The Labute approximate surface area is 114 Å². The number of rotatable bonds is 4. The van der Waals surface area contributed by atoms with Crippen LogP contribution >= 0.6 is 0 Å². The molecule has 0 amide bonds. The van der Waals surface area contributed by atoms with Gasteiger partial charge in [0.1, 0.15) is 0 Å². The summed E-state index contributed by atoms with van der Waals surface area (Å²) in [6.07, 6.45) is 6.88. The molecule has 5 nitrogen and oxygen atoms in total. The molecule has 2 rings (SSSR count). The molecule has 19 heavy (non-hydrogen) atoms. The van der Waals surface area contributed by atoms with Gasteiger partial charge in [-0.05, 0) is 39.2 Å². The van der Waals surface area contributed by atoms with Gasteiger partial charge >= 0.3 is 0 Å². The molecule has 1 aliphatic rings. The van der Waals surface area contributed by atoms with E-state index in [-0.39, 0.29) is 11.6 Å². The van der Waals surface area contributed by atoms with Crippen molar-refractivity contribution in [3.63, 3.8) is 0 Å². The number of aromatic nitrogens is 2. The van der Waals surface area contributed by atoms with E-state index < -0.39 is 0 Å². The zero-order chi connectivity index (χ0) is 14.0. The van der Waals surface area contributed by atoms with E-state index in [1.165, 1.54) is 6.42 Å². The van der Waals surface area contributed by atoms with Gasteiger partial charge in [0.05, 0.1) is 0 Å². The molecule has 1 aromatic rings. The molecule has 1 aliphatic carbocycles. The SMILES string of the molecule is CC(C)n1ccnc(N(C)C2CCCC2CN)c1=O. The number of nitrogens with zero attached hydrogens (tertiary/aromatic N) is 3. The van der Waals surface area contributed by atoms with Crippen molar-refractivity contribution >= 4 is 5.82 Å². The third kappa shape index (κ3) is 2.66. The first kappa shape index (κ1) is 14.1. The van der Waals surface area contributed by atoms with E-state index in [1.54, 1.807) is 17.0 Å². The summed E-state index contributed by atoms with van der Waals surface area (Å²) in [4.78, 5) is 18.8. The fourth-order valence-corrected chi connectivity index (χ4v) is 3.02.